The van der Waals surface area contributed by atoms with Gasteiger partial charge in [0, 0.05) is 35.4 Å². The lowest BCUT2D eigenvalue weighted by Crippen LogP contribution is -2.42. The van der Waals surface area contributed by atoms with E-state index in [1.807, 2.05) is 0 Å². The van der Waals surface area contributed by atoms with E-state index < -0.39 is 35.5 Å². The van der Waals surface area contributed by atoms with Crippen molar-refractivity contribution in [3.8, 4) is 0 Å². The maximum absolute atomic E-state index is 13.6. The number of H-pyrrole nitrogens is 1. The maximum atomic E-state index is 13.6. The van der Waals surface area contributed by atoms with Gasteiger partial charge in [0.15, 0.2) is 5.69 Å². The highest BCUT2D eigenvalue weighted by atomic mass is 19.4. The summed E-state index contributed by atoms with van der Waals surface area (Å²) in [6.07, 6.45) is -4.58. The van der Waals surface area contributed by atoms with E-state index in [1.54, 1.807) is 11.0 Å². The van der Waals surface area contributed by atoms with Crippen LogP contribution in [0.25, 0.3) is 10.9 Å². The van der Waals surface area contributed by atoms with Crippen LogP contribution in [0, 0.1) is 0 Å². The number of anilines is 2. The fourth-order valence-corrected chi connectivity index (χ4v) is 3.79. The highest BCUT2D eigenvalue weighted by Crippen LogP contribution is 2.37. The Morgan fingerprint density at radius 3 is 2.50 bits per heavy atom. The first kappa shape index (κ1) is 25.0. The number of ether oxygens (including phenoxy) is 1. The van der Waals surface area contributed by atoms with Gasteiger partial charge >= 0.3 is 6.18 Å². The molecule has 190 valence electrons. The molecule has 1 aliphatic rings. The third-order valence-corrected chi connectivity index (χ3v) is 5.73. The van der Waals surface area contributed by atoms with Crippen LogP contribution in [0.4, 0.5) is 24.5 Å². The van der Waals surface area contributed by atoms with E-state index in [2.05, 4.69) is 20.8 Å². The van der Waals surface area contributed by atoms with Crippen LogP contribution < -0.4 is 21.3 Å². The minimum absolute atomic E-state index is 0.0360. The zero-order valence-corrected chi connectivity index (χ0v) is 19.1. The van der Waals surface area contributed by atoms with Crippen molar-refractivity contribution in [2.45, 2.75) is 19.1 Å². The molecule has 3 aromatic rings. The van der Waals surface area contributed by atoms with Gasteiger partial charge in [-0.2, -0.15) is 18.3 Å². The predicted molar refractivity (Wildman–Crippen MR) is 125 cm³/mol. The number of aromatic amines is 1. The smallest absolute Gasteiger partial charge is 0.378 e. The summed E-state index contributed by atoms with van der Waals surface area (Å²) in [4.78, 5) is 38.0. The lowest BCUT2D eigenvalue weighted by molar-refractivity contribution is -0.137. The summed E-state index contributed by atoms with van der Waals surface area (Å²) in [5.41, 5.74) is 5.10. The van der Waals surface area contributed by atoms with Gasteiger partial charge in [0.1, 0.15) is 6.04 Å². The Morgan fingerprint density at radius 1 is 1.11 bits per heavy atom. The molecule has 0 bridgehead atoms. The van der Waals surface area contributed by atoms with Crippen LogP contribution in [0.2, 0.25) is 0 Å². The quantitative estimate of drug-likeness (QED) is 0.406. The molecule has 36 heavy (non-hydrogen) atoms. The molecule has 13 heteroatoms. The van der Waals surface area contributed by atoms with E-state index in [9.17, 15) is 27.6 Å². The molecule has 4 rings (SSSR count). The van der Waals surface area contributed by atoms with Gasteiger partial charge in [-0.1, -0.05) is 0 Å². The van der Waals surface area contributed by atoms with Gasteiger partial charge in [-0.05, 0) is 43.3 Å². The first-order valence-electron chi connectivity index (χ1n) is 11.0. The van der Waals surface area contributed by atoms with Gasteiger partial charge in [-0.25, -0.2) is 0 Å². The van der Waals surface area contributed by atoms with Gasteiger partial charge in [-0.3, -0.25) is 19.5 Å². The Kier molecular flexibility index (Phi) is 6.84. The number of rotatable bonds is 6. The maximum Gasteiger partial charge on any atom is 0.418 e. The van der Waals surface area contributed by atoms with Crippen molar-refractivity contribution in [2.75, 3.05) is 36.5 Å². The molecule has 10 nitrogen and oxygen atoms in total. The minimum Gasteiger partial charge on any atom is -0.378 e. The number of benzene rings is 2. The second-order valence-electron chi connectivity index (χ2n) is 8.21. The number of alkyl halides is 3. The second-order valence-corrected chi connectivity index (χ2v) is 8.21. The van der Waals surface area contributed by atoms with Gasteiger partial charge in [-0.15, -0.1) is 0 Å². The summed E-state index contributed by atoms with van der Waals surface area (Å²) in [6.45, 7) is 2.57. The van der Waals surface area contributed by atoms with Gasteiger partial charge in [0.25, 0.3) is 11.8 Å². The molecule has 3 amide bonds. The van der Waals surface area contributed by atoms with Crippen molar-refractivity contribution in [2.24, 2.45) is 5.73 Å². The molecule has 0 saturated carbocycles. The number of amides is 3. The molecular formula is C23H23F3N6O4. The molecule has 1 saturated heterocycles. The SMILES string of the molecule is C[C@H](NC(=O)c1n[nH]c2cc(NC(=O)c3ccc(C(F)(F)F)c(N4CCOCC4)c3)ccc12)C(N)=O. The number of hydrogen-bond acceptors (Lipinski definition) is 6. The molecule has 2 heterocycles. The predicted octanol–water partition coefficient (Wildman–Crippen LogP) is 2.27. The molecule has 1 aromatic heterocycles. The third kappa shape index (κ3) is 5.25. The van der Waals surface area contributed by atoms with Crippen LogP contribution in [-0.4, -0.2) is 60.3 Å². The molecule has 0 spiro atoms. The van der Waals surface area contributed by atoms with E-state index in [0.29, 0.717) is 29.8 Å². The largest absolute Gasteiger partial charge is 0.418 e. The summed E-state index contributed by atoms with van der Waals surface area (Å²) in [6, 6.07) is 6.95. The highest BCUT2D eigenvalue weighted by Gasteiger charge is 2.35. The number of nitrogens with two attached hydrogens (primary N) is 1. The average Bonchev–Trinajstić information content (AvgIpc) is 3.27. The Bertz CT molecular complexity index is 1320. The summed E-state index contributed by atoms with van der Waals surface area (Å²) in [7, 11) is 0. The van der Waals surface area contributed by atoms with Gasteiger partial charge in [0.2, 0.25) is 5.91 Å². The van der Waals surface area contributed by atoms with Crippen molar-refractivity contribution in [1.82, 2.24) is 15.5 Å². The number of halogens is 3. The van der Waals surface area contributed by atoms with Crippen molar-refractivity contribution < 1.29 is 32.3 Å². The average molecular weight is 504 g/mol. The number of fused-ring (bicyclic) bond motifs is 1. The minimum atomic E-state index is -4.58. The van der Waals surface area contributed by atoms with Crippen LogP contribution >= 0.6 is 0 Å². The van der Waals surface area contributed by atoms with Crippen molar-refractivity contribution in [1.29, 1.82) is 0 Å². The van der Waals surface area contributed by atoms with Crippen LogP contribution in [0.1, 0.15) is 33.3 Å². The Balaban J connectivity index is 1.55. The molecule has 1 atom stereocenters. The first-order valence-corrected chi connectivity index (χ1v) is 11.0. The number of morpholine rings is 1. The van der Waals surface area contributed by atoms with E-state index in [0.717, 1.165) is 12.1 Å². The van der Waals surface area contributed by atoms with Crippen LogP contribution in [0.15, 0.2) is 36.4 Å². The Labute approximate surface area is 203 Å². The van der Waals surface area contributed by atoms with Crippen molar-refractivity contribution >= 4 is 40.0 Å². The van der Waals surface area contributed by atoms with Gasteiger partial charge < -0.3 is 26.0 Å². The summed E-state index contributed by atoms with van der Waals surface area (Å²) < 4.78 is 46.0. The third-order valence-electron chi connectivity index (χ3n) is 5.73. The van der Waals surface area contributed by atoms with E-state index >= 15 is 0 Å². The molecule has 0 radical (unpaired) electrons. The van der Waals surface area contributed by atoms with Crippen molar-refractivity contribution in [3.05, 3.63) is 53.2 Å². The standard InChI is InChI=1S/C23H23F3N6O4/c1-12(20(27)33)28-22(35)19-15-4-3-14(11-17(15)30-31-19)29-21(34)13-2-5-16(23(24,25)26)18(10-13)32-6-8-36-9-7-32/h2-5,10-12H,6-9H2,1H3,(H2,27,33)(H,28,35)(H,29,34)(H,30,31)/t12-/m0/s1. The topological polar surface area (TPSA) is 142 Å². The summed E-state index contributed by atoms with van der Waals surface area (Å²) in [5, 5.41) is 12.2. The number of primary amides is 1. The molecule has 0 unspecified atom stereocenters. The molecule has 2 aromatic carbocycles. The first-order chi connectivity index (χ1) is 17.0. The lowest BCUT2D eigenvalue weighted by Gasteiger charge is -2.31. The highest BCUT2D eigenvalue weighted by molar-refractivity contribution is 6.08. The second kappa shape index (κ2) is 9.85. The van der Waals surface area contributed by atoms with Gasteiger partial charge in [0.05, 0.1) is 24.3 Å². The fraction of sp³-hybridized carbons (Fsp3) is 0.304. The number of carbonyl (C=O) groups excluding carboxylic acids is 3. The van der Waals surface area contributed by atoms with E-state index in [1.165, 1.54) is 25.1 Å². The number of nitrogens with zero attached hydrogens (tertiary/aromatic N) is 2. The van der Waals surface area contributed by atoms with Crippen LogP contribution in [0.5, 0.6) is 0 Å². The fourth-order valence-electron chi connectivity index (χ4n) is 3.79. The molecular weight excluding hydrogens is 481 g/mol. The molecule has 1 fully saturated rings. The van der Waals surface area contributed by atoms with E-state index in [-0.39, 0.29) is 30.0 Å². The monoisotopic (exact) mass is 504 g/mol. The normalized spacial score (nSPS) is 14.9. The molecule has 5 N–H and O–H groups in total. The van der Waals surface area contributed by atoms with Crippen molar-refractivity contribution in [3.63, 3.8) is 0 Å². The lowest BCUT2D eigenvalue weighted by atomic mass is 10.1. The van der Waals surface area contributed by atoms with Crippen LogP contribution in [-0.2, 0) is 15.7 Å². The molecule has 0 aliphatic carbocycles. The number of hydrogen-bond donors (Lipinski definition) is 4. The number of carbonyl (C=O) groups is 3. The molecule has 1 aliphatic heterocycles. The number of aromatic nitrogens is 2. The Hall–Kier alpha value is -4.13. The zero-order chi connectivity index (χ0) is 26.0. The Morgan fingerprint density at radius 2 is 1.83 bits per heavy atom. The van der Waals surface area contributed by atoms with Crippen LogP contribution in [0.3, 0.4) is 0 Å². The van der Waals surface area contributed by atoms with E-state index in [4.69, 9.17) is 10.5 Å². The summed E-state index contributed by atoms with van der Waals surface area (Å²) in [5.74, 6) is -1.91. The summed E-state index contributed by atoms with van der Waals surface area (Å²) >= 11 is 0. The number of nitrogens with one attached hydrogen (secondary N) is 3. The zero-order valence-electron chi connectivity index (χ0n) is 19.1.